The van der Waals surface area contributed by atoms with Crippen LogP contribution in [0.2, 0.25) is 0 Å². The van der Waals surface area contributed by atoms with Gasteiger partial charge in [-0.15, -0.1) is 0 Å². The van der Waals surface area contributed by atoms with E-state index in [0.717, 1.165) is 19.3 Å². The minimum absolute atomic E-state index is 0.159. The predicted octanol–water partition coefficient (Wildman–Crippen LogP) is 2.77. The van der Waals surface area contributed by atoms with Crippen LogP contribution in [-0.2, 0) is 9.53 Å². The average Bonchev–Trinajstić information content (AvgIpc) is 2.37. The van der Waals surface area contributed by atoms with Crippen LogP contribution in [0.25, 0.3) is 0 Å². The van der Waals surface area contributed by atoms with E-state index in [-0.39, 0.29) is 12.6 Å². The van der Waals surface area contributed by atoms with E-state index in [1.165, 1.54) is 0 Å². The first-order valence-corrected chi connectivity index (χ1v) is 6.37. The highest BCUT2D eigenvalue weighted by atomic mass is 16.6. The third kappa shape index (κ3) is 5.57. The lowest BCUT2D eigenvalue weighted by molar-refractivity contribution is -0.144. The third-order valence-electron chi connectivity index (χ3n) is 2.51. The third-order valence-corrected chi connectivity index (χ3v) is 2.51. The van der Waals surface area contributed by atoms with Crippen LogP contribution < -0.4 is 10.5 Å². The number of ether oxygens (including phenoxy) is 2. The van der Waals surface area contributed by atoms with E-state index >= 15 is 0 Å². The van der Waals surface area contributed by atoms with Crippen molar-refractivity contribution in [2.45, 2.75) is 32.6 Å². The molecule has 0 bridgehead atoms. The van der Waals surface area contributed by atoms with Gasteiger partial charge in [0.25, 0.3) is 0 Å². The molecule has 4 heteroatoms. The lowest BCUT2D eigenvalue weighted by atomic mass is 10.2. The van der Waals surface area contributed by atoms with E-state index in [0.29, 0.717) is 24.5 Å². The number of hydrogen-bond donors (Lipinski definition) is 1. The molecule has 0 saturated heterocycles. The van der Waals surface area contributed by atoms with Gasteiger partial charge < -0.3 is 15.2 Å². The zero-order valence-electron chi connectivity index (χ0n) is 10.9. The summed E-state index contributed by atoms with van der Waals surface area (Å²) < 4.78 is 10.5. The monoisotopic (exact) mass is 251 g/mol. The van der Waals surface area contributed by atoms with Gasteiger partial charge in [-0.1, -0.05) is 31.9 Å². The number of esters is 1. The van der Waals surface area contributed by atoms with Gasteiger partial charge in [0.2, 0.25) is 0 Å². The Balaban J connectivity index is 2.12. The van der Waals surface area contributed by atoms with Gasteiger partial charge in [-0.3, -0.25) is 4.79 Å². The van der Waals surface area contributed by atoms with E-state index in [4.69, 9.17) is 15.2 Å². The van der Waals surface area contributed by atoms with Crippen LogP contribution in [0, 0.1) is 0 Å². The van der Waals surface area contributed by atoms with E-state index < -0.39 is 0 Å². The van der Waals surface area contributed by atoms with E-state index in [2.05, 4.69) is 6.92 Å². The van der Waals surface area contributed by atoms with Crippen LogP contribution >= 0.6 is 0 Å². The number of nitrogens with two attached hydrogens (primary N) is 1. The standard InChI is InChI=1S/C14H21NO3/c1-2-3-4-9-14(16)18-11-10-17-13-8-6-5-7-12(13)15/h5-8H,2-4,9-11,15H2,1H3. The Morgan fingerprint density at radius 2 is 2.00 bits per heavy atom. The summed E-state index contributed by atoms with van der Waals surface area (Å²) in [5.41, 5.74) is 6.30. The first kappa shape index (κ1) is 14.4. The molecule has 0 radical (unpaired) electrons. The minimum Gasteiger partial charge on any atom is -0.488 e. The fourth-order valence-corrected chi connectivity index (χ4v) is 1.51. The zero-order valence-corrected chi connectivity index (χ0v) is 10.9. The molecule has 0 aromatic heterocycles. The van der Waals surface area contributed by atoms with Crippen LogP contribution in [0.4, 0.5) is 5.69 Å². The number of para-hydroxylation sites is 2. The molecule has 2 N–H and O–H groups in total. The number of benzene rings is 1. The zero-order chi connectivity index (χ0) is 13.2. The van der Waals surface area contributed by atoms with Crippen molar-refractivity contribution in [3.05, 3.63) is 24.3 Å². The molecule has 0 fully saturated rings. The van der Waals surface area contributed by atoms with Crippen LogP contribution in [-0.4, -0.2) is 19.2 Å². The maximum Gasteiger partial charge on any atom is 0.305 e. The van der Waals surface area contributed by atoms with Gasteiger partial charge in [0, 0.05) is 6.42 Å². The van der Waals surface area contributed by atoms with Crippen molar-refractivity contribution >= 4 is 11.7 Å². The Morgan fingerprint density at radius 1 is 1.22 bits per heavy atom. The highest BCUT2D eigenvalue weighted by Gasteiger charge is 2.03. The quantitative estimate of drug-likeness (QED) is 0.438. The predicted molar refractivity (Wildman–Crippen MR) is 71.5 cm³/mol. The molecule has 4 nitrogen and oxygen atoms in total. The lowest BCUT2D eigenvalue weighted by Gasteiger charge is -2.09. The Morgan fingerprint density at radius 3 is 2.72 bits per heavy atom. The summed E-state index contributed by atoms with van der Waals surface area (Å²) in [4.78, 5) is 11.3. The second-order valence-corrected chi connectivity index (χ2v) is 4.06. The van der Waals surface area contributed by atoms with Crippen molar-refractivity contribution in [1.82, 2.24) is 0 Å². The molecule has 0 aliphatic carbocycles. The van der Waals surface area contributed by atoms with E-state index in [1.54, 1.807) is 12.1 Å². The number of unbranched alkanes of at least 4 members (excludes halogenated alkanes) is 2. The van der Waals surface area contributed by atoms with Gasteiger partial charge in [0.05, 0.1) is 5.69 Å². The van der Waals surface area contributed by atoms with Gasteiger partial charge >= 0.3 is 5.97 Å². The molecule has 1 aromatic carbocycles. The highest BCUT2D eigenvalue weighted by Crippen LogP contribution is 2.19. The van der Waals surface area contributed by atoms with Gasteiger partial charge in [-0.2, -0.15) is 0 Å². The van der Waals surface area contributed by atoms with E-state index in [9.17, 15) is 4.79 Å². The lowest BCUT2D eigenvalue weighted by Crippen LogP contribution is -2.12. The summed E-state index contributed by atoms with van der Waals surface area (Å²) in [6.07, 6.45) is 3.54. The molecule has 0 aliphatic rings. The first-order valence-electron chi connectivity index (χ1n) is 6.37. The van der Waals surface area contributed by atoms with Crippen LogP contribution in [0.3, 0.4) is 0 Å². The number of carbonyl (C=O) groups is 1. The summed E-state index contributed by atoms with van der Waals surface area (Å²) in [6, 6.07) is 7.25. The number of rotatable bonds is 8. The van der Waals surface area contributed by atoms with Gasteiger partial charge in [-0.25, -0.2) is 0 Å². The molecule has 0 atom stereocenters. The fourth-order valence-electron chi connectivity index (χ4n) is 1.51. The first-order chi connectivity index (χ1) is 8.74. The maximum atomic E-state index is 11.3. The van der Waals surface area contributed by atoms with Crippen molar-refractivity contribution in [2.75, 3.05) is 18.9 Å². The maximum absolute atomic E-state index is 11.3. The summed E-state index contributed by atoms with van der Waals surface area (Å²) in [5, 5.41) is 0. The molecule has 1 aromatic rings. The summed E-state index contributed by atoms with van der Waals surface area (Å²) in [6.45, 7) is 2.69. The topological polar surface area (TPSA) is 61.5 Å². The molecule has 1 rings (SSSR count). The Bertz CT molecular complexity index is 366. The van der Waals surface area contributed by atoms with Gasteiger partial charge in [0.15, 0.2) is 0 Å². The molecule has 0 unspecified atom stereocenters. The smallest absolute Gasteiger partial charge is 0.305 e. The molecule has 100 valence electrons. The largest absolute Gasteiger partial charge is 0.488 e. The Hall–Kier alpha value is -1.71. The minimum atomic E-state index is -0.159. The van der Waals surface area contributed by atoms with Crippen LogP contribution in [0.5, 0.6) is 5.75 Å². The molecule has 0 heterocycles. The van der Waals surface area contributed by atoms with Crippen molar-refractivity contribution in [3.63, 3.8) is 0 Å². The molecule has 0 saturated carbocycles. The highest BCUT2D eigenvalue weighted by molar-refractivity contribution is 5.69. The molecule has 0 spiro atoms. The van der Waals surface area contributed by atoms with Crippen molar-refractivity contribution in [1.29, 1.82) is 0 Å². The number of anilines is 1. The Labute approximate surface area is 108 Å². The average molecular weight is 251 g/mol. The van der Waals surface area contributed by atoms with Crippen molar-refractivity contribution in [2.24, 2.45) is 0 Å². The number of carbonyl (C=O) groups excluding carboxylic acids is 1. The normalized spacial score (nSPS) is 10.1. The van der Waals surface area contributed by atoms with Crippen LogP contribution in [0.15, 0.2) is 24.3 Å². The molecule has 0 amide bonds. The molecule has 18 heavy (non-hydrogen) atoms. The van der Waals surface area contributed by atoms with Crippen LogP contribution in [0.1, 0.15) is 32.6 Å². The second-order valence-electron chi connectivity index (χ2n) is 4.06. The number of hydrogen-bond acceptors (Lipinski definition) is 4. The van der Waals surface area contributed by atoms with Gasteiger partial charge in [0.1, 0.15) is 19.0 Å². The molecule has 0 aliphatic heterocycles. The Kier molecular flexibility index (Phi) is 6.69. The summed E-state index contributed by atoms with van der Waals surface area (Å²) >= 11 is 0. The summed E-state index contributed by atoms with van der Waals surface area (Å²) in [5.74, 6) is 0.465. The van der Waals surface area contributed by atoms with Crippen molar-refractivity contribution < 1.29 is 14.3 Å². The number of nitrogen functional groups attached to an aromatic ring is 1. The molecular formula is C14H21NO3. The SMILES string of the molecule is CCCCCC(=O)OCCOc1ccccc1N. The molecular weight excluding hydrogens is 230 g/mol. The van der Waals surface area contributed by atoms with Crippen molar-refractivity contribution in [3.8, 4) is 5.75 Å². The van der Waals surface area contributed by atoms with Gasteiger partial charge in [-0.05, 0) is 18.6 Å². The summed E-state index contributed by atoms with van der Waals surface area (Å²) in [7, 11) is 0. The fraction of sp³-hybridized carbons (Fsp3) is 0.500. The second kappa shape index (κ2) is 8.39. The van der Waals surface area contributed by atoms with E-state index in [1.807, 2.05) is 12.1 Å².